The first kappa shape index (κ1) is 17.2. The van der Waals surface area contributed by atoms with E-state index in [1.807, 2.05) is 6.08 Å². The summed E-state index contributed by atoms with van der Waals surface area (Å²) in [5.41, 5.74) is 1.88. The van der Waals surface area contributed by atoms with Gasteiger partial charge in [0, 0.05) is 11.3 Å². The van der Waals surface area contributed by atoms with Gasteiger partial charge in [-0.15, -0.1) is 0 Å². The summed E-state index contributed by atoms with van der Waals surface area (Å²) in [4.78, 5) is 0. The van der Waals surface area contributed by atoms with E-state index < -0.39 is 0 Å². The van der Waals surface area contributed by atoms with Gasteiger partial charge in [-0.25, -0.2) is 0 Å². The van der Waals surface area contributed by atoms with Gasteiger partial charge in [0.15, 0.2) is 0 Å². The summed E-state index contributed by atoms with van der Waals surface area (Å²) in [6, 6.07) is 0. The quantitative estimate of drug-likeness (QED) is 0.396. The van der Waals surface area contributed by atoms with Crippen LogP contribution in [0.5, 0.6) is 0 Å². The van der Waals surface area contributed by atoms with Gasteiger partial charge >= 0.3 is 0 Å². The van der Waals surface area contributed by atoms with Crippen molar-refractivity contribution in [3.05, 3.63) is 36.5 Å². The highest BCUT2D eigenvalue weighted by molar-refractivity contribution is 7.59. The van der Waals surface area contributed by atoms with Gasteiger partial charge in [-0.1, -0.05) is 43.4 Å². The smallest absolute Gasteiger partial charge is 0.0991 e. The van der Waals surface area contributed by atoms with E-state index in [0.717, 1.165) is 17.8 Å². The molecule has 6 atom stereocenters. The second-order valence-corrected chi connectivity index (χ2v) is 11.2. The van der Waals surface area contributed by atoms with E-state index in [2.05, 4.69) is 58.3 Å². The van der Waals surface area contributed by atoms with Crippen LogP contribution in [-0.4, -0.2) is 17.1 Å². The first-order valence-electron chi connectivity index (χ1n) is 9.53. The Morgan fingerprint density at radius 3 is 2.57 bits per heavy atom. The van der Waals surface area contributed by atoms with Crippen molar-refractivity contribution >= 4 is 13.3 Å². The van der Waals surface area contributed by atoms with Crippen LogP contribution in [0.25, 0.3) is 0 Å². The Hall–Kier alpha value is -0.610. The molecule has 1 aliphatic heterocycles. The highest BCUT2D eigenvalue weighted by Crippen LogP contribution is 2.67. The average Bonchev–Trinajstić information content (AvgIpc) is 2.87. The molecule has 0 aromatic carbocycles. The monoisotopic (exact) mass is 329 g/mol. The second-order valence-electron chi connectivity index (χ2n) is 8.26. The fourth-order valence-corrected chi connectivity index (χ4v) is 9.46. The van der Waals surface area contributed by atoms with Crippen molar-refractivity contribution in [2.45, 2.75) is 65.0 Å². The summed E-state index contributed by atoms with van der Waals surface area (Å²) in [5.74, 6) is 5.32. The molecule has 0 aromatic heterocycles. The number of hydrogen-bond acceptors (Lipinski definition) is 0. The maximum atomic E-state index is 3.97. The summed E-state index contributed by atoms with van der Waals surface area (Å²) >= 11 is 0. The molecule has 3 rings (SSSR count). The molecule has 1 saturated heterocycles. The lowest BCUT2D eigenvalue weighted by Gasteiger charge is -2.53. The number of hydrogen-bond donors (Lipinski definition) is 0. The molecule has 3 fully saturated rings. The summed E-state index contributed by atoms with van der Waals surface area (Å²) in [6.07, 6.45) is 17.6. The Balaban J connectivity index is 1.99. The minimum absolute atomic E-state index is 0.155. The third-order valence-corrected chi connectivity index (χ3v) is 10.7. The SMILES string of the molecule is C=C/C=C1/CCC2C(CCC3(C)C2CC[P+]3=CC)C1(C)/C=C\C. The van der Waals surface area contributed by atoms with E-state index in [1.165, 1.54) is 38.3 Å². The minimum Gasteiger partial charge on any atom is -0.0991 e. The molecule has 0 nitrogen and oxygen atoms in total. The third-order valence-electron chi connectivity index (χ3n) is 7.48. The molecule has 1 heteroatoms. The lowest BCUT2D eigenvalue weighted by atomic mass is 9.51. The topological polar surface area (TPSA) is 0 Å². The minimum atomic E-state index is 0.155. The van der Waals surface area contributed by atoms with Crippen LogP contribution < -0.4 is 0 Å². The van der Waals surface area contributed by atoms with Crippen LogP contribution in [0.4, 0.5) is 0 Å². The number of fused-ring (bicyclic) bond motifs is 3. The van der Waals surface area contributed by atoms with Crippen molar-refractivity contribution in [1.29, 1.82) is 0 Å². The zero-order valence-electron chi connectivity index (χ0n) is 15.5. The molecular weight excluding hydrogens is 295 g/mol. The highest BCUT2D eigenvalue weighted by Gasteiger charge is 2.61. The first-order valence-corrected chi connectivity index (χ1v) is 11.1. The summed E-state index contributed by atoms with van der Waals surface area (Å²) in [6.45, 7) is 13.6. The van der Waals surface area contributed by atoms with Gasteiger partial charge in [0.05, 0.1) is 13.3 Å². The van der Waals surface area contributed by atoms with E-state index in [9.17, 15) is 0 Å². The Morgan fingerprint density at radius 2 is 1.91 bits per heavy atom. The standard InChI is InChI=1S/C22H34P/c1-6-9-17-10-11-18-19(21(17,4)14-7-2)12-15-22(5)20(18)13-16-23(22)8-3/h6-9,14,18-20H,1,10-13,15-16H2,2-5H3/q+1/b14-7-,17-9-. The van der Waals surface area contributed by atoms with Gasteiger partial charge in [-0.05, 0) is 64.7 Å². The van der Waals surface area contributed by atoms with Crippen LogP contribution in [0.3, 0.4) is 0 Å². The van der Waals surface area contributed by atoms with Gasteiger partial charge in [0.1, 0.15) is 11.3 Å². The van der Waals surface area contributed by atoms with Gasteiger partial charge in [0.2, 0.25) is 0 Å². The molecular formula is C22H34P+. The molecule has 0 N–H and O–H groups in total. The van der Waals surface area contributed by atoms with Crippen molar-refractivity contribution in [1.82, 2.24) is 0 Å². The molecule has 23 heavy (non-hydrogen) atoms. The summed E-state index contributed by atoms with van der Waals surface area (Å²) < 4.78 is 0. The van der Waals surface area contributed by atoms with Crippen molar-refractivity contribution in [3.8, 4) is 0 Å². The molecule has 0 aromatic rings. The predicted octanol–water partition coefficient (Wildman–Crippen LogP) is 6.58. The van der Waals surface area contributed by atoms with Gasteiger partial charge in [0.25, 0.3) is 0 Å². The number of rotatable bonds is 2. The molecule has 2 aliphatic carbocycles. The molecule has 0 spiro atoms. The van der Waals surface area contributed by atoms with Crippen LogP contribution in [0.1, 0.15) is 59.8 Å². The second kappa shape index (κ2) is 6.36. The molecule has 0 radical (unpaired) electrons. The van der Waals surface area contributed by atoms with Crippen molar-refractivity contribution in [3.63, 3.8) is 0 Å². The fourth-order valence-electron chi connectivity index (χ4n) is 6.39. The predicted molar refractivity (Wildman–Crippen MR) is 107 cm³/mol. The third kappa shape index (κ3) is 2.53. The molecule has 3 aliphatic rings. The van der Waals surface area contributed by atoms with Crippen LogP contribution in [0.2, 0.25) is 0 Å². The summed E-state index contributed by atoms with van der Waals surface area (Å²) in [5, 5.41) is 0.641. The van der Waals surface area contributed by atoms with Crippen molar-refractivity contribution in [2.24, 2.45) is 23.2 Å². The van der Waals surface area contributed by atoms with Crippen molar-refractivity contribution < 1.29 is 0 Å². The van der Waals surface area contributed by atoms with Gasteiger partial charge in [-0.3, -0.25) is 0 Å². The zero-order chi connectivity index (χ0) is 16.7. The average molecular weight is 329 g/mol. The van der Waals surface area contributed by atoms with E-state index in [0.29, 0.717) is 5.16 Å². The van der Waals surface area contributed by atoms with Crippen LogP contribution >= 0.6 is 7.55 Å². The van der Waals surface area contributed by atoms with E-state index in [1.54, 1.807) is 5.57 Å². The van der Waals surface area contributed by atoms with Crippen LogP contribution in [-0.2, 0) is 0 Å². The highest BCUT2D eigenvalue weighted by atomic mass is 31.1. The zero-order valence-corrected chi connectivity index (χ0v) is 16.4. The molecule has 126 valence electrons. The molecule has 0 amide bonds. The lowest BCUT2D eigenvalue weighted by Crippen LogP contribution is -2.49. The Labute approximate surface area is 144 Å². The van der Waals surface area contributed by atoms with E-state index >= 15 is 0 Å². The van der Waals surface area contributed by atoms with E-state index in [-0.39, 0.29) is 13.0 Å². The van der Waals surface area contributed by atoms with Gasteiger partial charge < -0.3 is 0 Å². The number of allylic oxidation sites excluding steroid dienone is 5. The first-order chi connectivity index (χ1) is 11.0. The summed E-state index contributed by atoms with van der Waals surface area (Å²) in [7, 11) is 0.155. The lowest BCUT2D eigenvalue weighted by molar-refractivity contribution is 0.0381. The normalized spacial score (nSPS) is 47.0. The fraction of sp³-hybridized carbons (Fsp3) is 0.682. The Kier molecular flexibility index (Phi) is 4.76. The van der Waals surface area contributed by atoms with Crippen LogP contribution in [0.15, 0.2) is 36.5 Å². The molecule has 1 heterocycles. The Morgan fingerprint density at radius 1 is 1.13 bits per heavy atom. The van der Waals surface area contributed by atoms with Crippen LogP contribution in [0, 0.1) is 23.2 Å². The molecule has 2 saturated carbocycles. The maximum Gasteiger partial charge on any atom is 0.126 e. The van der Waals surface area contributed by atoms with E-state index in [4.69, 9.17) is 0 Å². The van der Waals surface area contributed by atoms with Gasteiger partial charge in [-0.2, -0.15) is 0 Å². The largest absolute Gasteiger partial charge is 0.126 e. The molecule has 0 bridgehead atoms. The maximum absolute atomic E-state index is 3.97. The molecule has 6 unspecified atom stereocenters. The van der Waals surface area contributed by atoms with Crippen molar-refractivity contribution in [2.75, 3.05) is 6.16 Å². The Bertz CT molecular complexity index is 567.